The van der Waals surface area contributed by atoms with Gasteiger partial charge in [0.1, 0.15) is 5.82 Å². The third-order valence-electron chi connectivity index (χ3n) is 3.32. The molecule has 7 heteroatoms. The molecule has 0 aliphatic rings. The third-order valence-corrected chi connectivity index (χ3v) is 5.15. The van der Waals surface area contributed by atoms with Crippen LogP contribution >= 0.6 is 0 Å². The lowest BCUT2D eigenvalue weighted by molar-refractivity contribution is 0.102. The first-order valence-electron chi connectivity index (χ1n) is 6.82. The molecule has 2 aromatic carbocycles. The molecule has 0 radical (unpaired) electrons. The summed E-state index contributed by atoms with van der Waals surface area (Å²) >= 11 is 0. The first-order valence-corrected chi connectivity index (χ1v) is 8.26. The summed E-state index contributed by atoms with van der Waals surface area (Å²) < 4.78 is 38.5. The number of anilines is 1. The van der Waals surface area contributed by atoms with E-state index < -0.39 is 21.7 Å². The largest absolute Gasteiger partial charge is 0.322 e. The molecule has 0 atom stereocenters. The number of halogens is 1. The molecule has 0 spiro atoms. The fourth-order valence-corrected chi connectivity index (χ4v) is 2.76. The summed E-state index contributed by atoms with van der Waals surface area (Å²) in [7, 11) is -0.672. The van der Waals surface area contributed by atoms with Gasteiger partial charge in [0.15, 0.2) is 0 Å². The van der Waals surface area contributed by atoms with E-state index >= 15 is 0 Å². The van der Waals surface area contributed by atoms with Crippen LogP contribution in [0.4, 0.5) is 10.1 Å². The smallest absolute Gasteiger partial charge is 0.255 e. The van der Waals surface area contributed by atoms with Crippen LogP contribution in [0.3, 0.4) is 0 Å². The fraction of sp³-hybridized carbons (Fsp3) is 0.188. The first kappa shape index (κ1) is 17.1. The number of carbonyl (C=O) groups excluding carboxylic acids is 1. The highest BCUT2D eigenvalue weighted by molar-refractivity contribution is 7.89. The van der Waals surface area contributed by atoms with Crippen molar-refractivity contribution < 1.29 is 17.6 Å². The molecule has 23 heavy (non-hydrogen) atoms. The maximum Gasteiger partial charge on any atom is 0.255 e. The van der Waals surface area contributed by atoms with Crippen molar-refractivity contribution in [1.29, 1.82) is 0 Å². The van der Waals surface area contributed by atoms with Gasteiger partial charge in [-0.25, -0.2) is 17.1 Å². The number of nitrogens with zero attached hydrogens (tertiary/aromatic N) is 1. The zero-order chi connectivity index (χ0) is 17.2. The number of hydrogen-bond donors (Lipinski definition) is 1. The Bertz CT molecular complexity index is 831. The van der Waals surface area contributed by atoms with Gasteiger partial charge in [-0.05, 0) is 48.9 Å². The second-order valence-electron chi connectivity index (χ2n) is 5.23. The maximum atomic E-state index is 13.5. The van der Waals surface area contributed by atoms with Gasteiger partial charge in [0.05, 0.1) is 4.90 Å². The number of benzene rings is 2. The van der Waals surface area contributed by atoms with Crippen LogP contribution in [-0.4, -0.2) is 32.7 Å². The lowest BCUT2D eigenvalue weighted by Gasteiger charge is -2.11. The van der Waals surface area contributed by atoms with Gasteiger partial charge >= 0.3 is 0 Å². The van der Waals surface area contributed by atoms with E-state index in [4.69, 9.17) is 0 Å². The zero-order valence-electron chi connectivity index (χ0n) is 13.0. The zero-order valence-corrected chi connectivity index (χ0v) is 13.8. The second kappa shape index (κ2) is 6.47. The van der Waals surface area contributed by atoms with Gasteiger partial charge in [-0.1, -0.05) is 6.07 Å². The Balaban J connectivity index is 2.19. The third kappa shape index (κ3) is 3.75. The fourth-order valence-electron chi connectivity index (χ4n) is 1.86. The minimum atomic E-state index is -3.54. The highest BCUT2D eigenvalue weighted by Crippen LogP contribution is 2.17. The lowest BCUT2D eigenvalue weighted by atomic mass is 10.2. The summed E-state index contributed by atoms with van der Waals surface area (Å²) in [6.45, 7) is 1.63. The van der Waals surface area contributed by atoms with E-state index in [1.54, 1.807) is 19.1 Å². The van der Waals surface area contributed by atoms with Crippen molar-refractivity contribution in [2.75, 3.05) is 19.4 Å². The predicted molar refractivity (Wildman–Crippen MR) is 86.4 cm³/mol. The van der Waals surface area contributed by atoms with E-state index in [1.165, 1.54) is 44.4 Å². The highest BCUT2D eigenvalue weighted by Gasteiger charge is 2.17. The van der Waals surface area contributed by atoms with Gasteiger partial charge in [-0.2, -0.15) is 0 Å². The molecule has 2 aromatic rings. The Morgan fingerprint density at radius 2 is 1.70 bits per heavy atom. The molecule has 0 aliphatic carbocycles. The van der Waals surface area contributed by atoms with E-state index in [-0.39, 0.29) is 10.5 Å². The van der Waals surface area contributed by atoms with E-state index in [0.717, 1.165) is 4.31 Å². The van der Waals surface area contributed by atoms with E-state index in [9.17, 15) is 17.6 Å². The molecule has 0 saturated carbocycles. The summed E-state index contributed by atoms with van der Waals surface area (Å²) in [5.74, 6) is -0.850. The number of aryl methyl sites for hydroxylation is 1. The van der Waals surface area contributed by atoms with Gasteiger partial charge in [0, 0.05) is 25.3 Å². The van der Waals surface area contributed by atoms with Crippen molar-refractivity contribution in [3.05, 3.63) is 59.4 Å². The maximum absolute atomic E-state index is 13.5. The Hall–Kier alpha value is -2.25. The molecule has 1 amide bonds. The average molecular weight is 336 g/mol. The lowest BCUT2D eigenvalue weighted by Crippen LogP contribution is -2.22. The van der Waals surface area contributed by atoms with Crippen LogP contribution in [0.2, 0.25) is 0 Å². The Labute approximate surface area is 134 Å². The minimum absolute atomic E-state index is 0.0976. The topological polar surface area (TPSA) is 66.5 Å². The number of amides is 1. The molecule has 0 aromatic heterocycles. The predicted octanol–water partition coefficient (Wildman–Crippen LogP) is 2.64. The quantitative estimate of drug-likeness (QED) is 0.933. The number of rotatable bonds is 4. The molecule has 0 unspecified atom stereocenters. The van der Waals surface area contributed by atoms with Crippen LogP contribution in [0.25, 0.3) is 0 Å². The van der Waals surface area contributed by atoms with Gasteiger partial charge in [-0.15, -0.1) is 0 Å². The van der Waals surface area contributed by atoms with E-state index in [0.29, 0.717) is 11.3 Å². The molecule has 5 nitrogen and oxygen atoms in total. The standard InChI is InChI=1S/C16H17FN2O3S/c1-11-4-7-13(10-15(11)17)18-16(20)12-5-8-14(9-6-12)23(21,22)19(2)3/h4-10H,1-3H3,(H,18,20). The number of hydrogen-bond acceptors (Lipinski definition) is 3. The molecular weight excluding hydrogens is 319 g/mol. The summed E-state index contributed by atoms with van der Waals surface area (Å²) in [6.07, 6.45) is 0. The Morgan fingerprint density at radius 1 is 1.09 bits per heavy atom. The monoisotopic (exact) mass is 336 g/mol. The summed E-state index contributed by atoms with van der Waals surface area (Å²) in [5, 5.41) is 2.57. The minimum Gasteiger partial charge on any atom is -0.322 e. The molecule has 2 rings (SSSR count). The molecular formula is C16H17FN2O3S. The van der Waals surface area contributed by atoms with Crippen LogP contribution in [0, 0.1) is 12.7 Å². The van der Waals surface area contributed by atoms with Crippen LogP contribution in [0.15, 0.2) is 47.4 Å². The van der Waals surface area contributed by atoms with Crippen LogP contribution in [0.5, 0.6) is 0 Å². The molecule has 122 valence electrons. The van der Waals surface area contributed by atoms with Crippen molar-refractivity contribution in [2.45, 2.75) is 11.8 Å². The van der Waals surface area contributed by atoms with Crippen molar-refractivity contribution in [2.24, 2.45) is 0 Å². The van der Waals surface area contributed by atoms with Crippen LogP contribution < -0.4 is 5.32 Å². The molecule has 0 saturated heterocycles. The van der Waals surface area contributed by atoms with Crippen molar-refractivity contribution in [3.8, 4) is 0 Å². The summed E-state index contributed by atoms with van der Waals surface area (Å²) in [5.41, 5.74) is 1.10. The second-order valence-corrected chi connectivity index (χ2v) is 7.38. The van der Waals surface area contributed by atoms with E-state index in [1.807, 2.05) is 0 Å². The Morgan fingerprint density at radius 3 is 2.22 bits per heavy atom. The average Bonchev–Trinajstić information content (AvgIpc) is 2.51. The molecule has 0 heterocycles. The van der Waals surface area contributed by atoms with Crippen molar-refractivity contribution >= 4 is 21.6 Å². The molecule has 0 aliphatic heterocycles. The number of nitrogens with one attached hydrogen (secondary N) is 1. The molecule has 1 N–H and O–H groups in total. The van der Waals surface area contributed by atoms with Crippen molar-refractivity contribution in [1.82, 2.24) is 4.31 Å². The summed E-state index contributed by atoms with van der Waals surface area (Å²) in [4.78, 5) is 12.2. The first-order chi connectivity index (χ1) is 10.7. The number of sulfonamides is 1. The van der Waals surface area contributed by atoms with E-state index in [2.05, 4.69) is 5.32 Å². The number of carbonyl (C=O) groups is 1. The molecule has 0 bridgehead atoms. The van der Waals surface area contributed by atoms with Crippen LogP contribution in [-0.2, 0) is 10.0 Å². The SMILES string of the molecule is Cc1ccc(NC(=O)c2ccc(S(=O)(=O)N(C)C)cc2)cc1F. The normalized spacial score (nSPS) is 11.5. The molecule has 0 fully saturated rings. The van der Waals surface area contributed by atoms with Gasteiger partial charge in [0.25, 0.3) is 5.91 Å². The van der Waals surface area contributed by atoms with Crippen LogP contribution in [0.1, 0.15) is 15.9 Å². The Kier molecular flexibility index (Phi) is 4.82. The highest BCUT2D eigenvalue weighted by atomic mass is 32.2. The van der Waals surface area contributed by atoms with Gasteiger partial charge in [0.2, 0.25) is 10.0 Å². The summed E-state index contributed by atoms with van der Waals surface area (Å²) in [6, 6.07) is 9.95. The van der Waals surface area contributed by atoms with Gasteiger partial charge < -0.3 is 5.32 Å². The van der Waals surface area contributed by atoms with Crippen molar-refractivity contribution in [3.63, 3.8) is 0 Å². The van der Waals surface area contributed by atoms with Gasteiger partial charge in [-0.3, -0.25) is 4.79 Å².